The van der Waals surface area contributed by atoms with E-state index in [0.717, 1.165) is 5.57 Å². The van der Waals surface area contributed by atoms with Gasteiger partial charge in [-0.3, -0.25) is 0 Å². The van der Waals surface area contributed by atoms with Crippen LogP contribution >= 0.6 is 0 Å². The van der Waals surface area contributed by atoms with Crippen molar-refractivity contribution in [2.24, 2.45) is 10.4 Å². The van der Waals surface area contributed by atoms with Gasteiger partial charge in [0.05, 0.1) is 18.1 Å². The zero-order valence-electron chi connectivity index (χ0n) is 11.2. The Balaban J connectivity index is 1.80. The summed E-state index contributed by atoms with van der Waals surface area (Å²) in [6.45, 7) is 0.629. The summed E-state index contributed by atoms with van der Waals surface area (Å²) in [7, 11) is 0. The van der Waals surface area contributed by atoms with E-state index in [0.29, 0.717) is 19.2 Å². The molecule has 0 saturated heterocycles. The molecule has 2 aliphatic heterocycles. The minimum Gasteiger partial charge on any atom is -0.340 e. The van der Waals surface area contributed by atoms with Crippen molar-refractivity contribution in [2.75, 3.05) is 13.5 Å². The van der Waals surface area contributed by atoms with Gasteiger partial charge in [0.15, 0.2) is 0 Å². The average Bonchev–Trinajstić information content (AvgIpc) is 2.51. The van der Waals surface area contributed by atoms with Gasteiger partial charge in [-0.25, -0.2) is 0 Å². The summed E-state index contributed by atoms with van der Waals surface area (Å²) in [6, 6.07) is 0. The summed E-state index contributed by atoms with van der Waals surface area (Å²) in [6.07, 6.45) is 16.8. The smallest absolute Gasteiger partial charge is 0.125 e. The maximum Gasteiger partial charge on any atom is 0.125 e. The van der Waals surface area contributed by atoms with E-state index in [9.17, 15) is 9.81 Å². The van der Waals surface area contributed by atoms with Crippen molar-refractivity contribution in [2.45, 2.75) is 0 Å². The van der Waals surface area contributed by atoms with E-state index in [2.05, 4.69) is 10.4 Å². The third-order valence-electron chi connectivity index (χ3n) is 2.75. The Morgan fingerprint density at radius 2 is 1.71 bits per heavy atom. The molecule has 0 aliphatic carbocycles. The maximum absolute atomic E-state index is 10.3. The molecule has 0 N–H and O–H groups in total. The highest BCUT2D eigenvalue weighted by atomic mass is 16.5. The Morgan fingerprint density at radius 1 is 0.952 bits per heavy atom. The van der Waals surface area contributed by atoms with Crippen molar-refractivity contribution in [1.82, 2.24) is 9.80 Å². The lowest BCUT2D eigenvalue weighted by Crippen LogP contribution is -2.25. The largest absolute Gasteiger partial charge is 0.340 e. The first-order valence-electron chi connectivity index (χ1n) is 6.20. The van der Waals surface area contributed by atoms with Gasteiger partial charge >= 0.3 is 0 Å². The maximum atomic E-state index is 10.3. The number of allylic oxidation sites excluding steroid dienone is 6. The van der Waals surface area contributed by atoms with Crippen LogP contribution in [0.5, 0.6) is 0 Å². The van der Waals surface area contributed by atoms with E-state index in [1.165, 1.54) is 12.4 Å². The molecule has 0 saturated carbocycles. The molecule has 7 heteroatoms. The van der Waals surface area contributed by atoms with Crippen LogP contribution in [-0.2, 0) is 4.74 Å². The van der Waals surface area contributed by atoms with Crippen LogP contribution in [0.2, 0.25) is 0 Å². The zero-order valence-corrected chi connectivity index (χ0v) is 11.2. The molecule has 0 bridgehead atoms. The van der Waals surface area contributed by atoms with Gasteiger partial charge in [-0.15, -0.1) is 9.81 Å². The summed E-state index contributed by atoms with van der Waals surface area (Å²) < 4.78 is 5.56. The van der Waals surface area contributed by atoms with Gasteiger partial charge < -0.3 is 14.5 Å². The van der Waals surface area contributed by atoms with Crippen molar-refractivity contribution >= 4 is 0 Å². The molecular weight excluding hydrogens is 272 g/mol. The molecule has 21 heavy (non-hydrogen) atoms. The number of hydrogen-bond acceptors (Lipinski definition) is 7. The van der Waals surface area contributed by atoms with Crippen molar-refractivity contribution in [3.63, 3.8) is 0 Å². The topological polar surface area (TPSA) is 74.6 Å². The van der Waals surface area contributed by atoms with Crippen LogP contribution in [0.3, 0.4) is 0 Å². The molecule has 0 aromatic rings. The lowest BCUT2D eigenvalue weighted by atomic mass is 10.2. The van der Waals surface area contributed by atoms with Gasteiger partial charge in [-0.2, -0.15) is 0 Å². The summed E-state index contributed by atoms with van der Waals surface area (Å²) in [5, 5.41) is 5.47. The zero-order chi connectivity index (χ0) is 14.9. The lowest BCUT2D eigenvalue weighted by molar-refractivity contribution is 0.0271. The molecule has 108 valence electrons. The third-order valence-corrected chi connectivity index (χ3v) is 2.75. The lowest BCUT2D eigenvalue weighted by Gasteiger charge is -2.25. The van der Waals surface area contributed by atoms with Crippen LogP contribution in [0.25, 0.3) is 0 Å². The van der Waals surface area contributed by atoms with Gasteiger partial charge in [0.25, 0.3) is 0 Å². The molecule has 0 unspecified atom stereocenters. The molecule has 0 amide bonds. The molecule has 2 heterocycles. The first-order valence-corrected chi connectivity index (χ1v) is 6.20. The molecule has 0 radical (unpaired) electrons. The number of hydrogen-bond donors (Lipinski definition) is 0. The second-order valence-corrected chi connectivity index (χ2v) is 4.17. The number of ether oxygens (including phenoxy) is 1. The summed E-state index contributed by atoms with van der Waals surface area (Å²) >= 11 is 0. The number of nitroso groups, excluding NO2 is 2. The molecule has 0 aromatic carbocycles. The van der Waals surface area contributed by atoms with Crippen LogP contribution in [0.15, 0.2) is 83.0 Å². The molecule has 2 rings (SSSR count). The summed E-state index contributed by atoms with van der Waals surface area (Å²) in [5.41, 5.74) is 1.40. The molecule has 0 atom stereocenters. The molecule has 0 fully saturated rings. The predicted octanol–water partition coefficient (Wildman–Crippen LogP) is 2.90. The number of nitrogens with zero attached hydrogens (tertiary/aromatic N) is 4. The van der Waals surface area contributed by atoms with Crippen molar-refractivity contribution in [3.05, 3.63) is 82.5 Å². The molecular formula is C14H14N4O3. The summed E-state index contributed by atoms with van der Waals surface area (Å²) in [4.78, 5) is 24.0. The minimum absolute atomic E-state index is 0.291. The first-order chi connectivity index (χ1) is 10.3. The van der Waals surface area contributed by atoms with Crippen molar-refractivity contribution < 1.29 is 4.74 Å². The van der Waals surface area contributed by atoms with Crippen molar-refractivity contribution in [3.8, 4) is 0 Å². The molecule has 2 aliphatic rings. The average molecular weight is 286 g/mol. The second-order valence-electron chi connectivity index (χ2n) is 4.17. The van der Waals surface area contributed by atoms with Crippen LogP contribution in [0.1, 0.15) is 0 Å². The van der Waals surface area contributed by atoms with E-state index in [1.54, 1.807) is 41.7 Å². The molecule has 0 spiro atoms. The van der Waals surface area contributed by atoms with E-state index in [4.69, 9.17) is 4.74 Å². The van der Waals surface area contributed by atoms with Crippen LogP contribution in [-0.4, -0.2) is 23.3 Å². The van der Waals surface area contributed by atoms with Crippen molar-refractivity contribution in [1.29, 1.82) is 0 Å². The van der Waals surface area contributed by atoms with Gasteiger partial charge in [0, 0.05) is 18.6 Å². The van der Waals surface area contributed by atoms with Crippen LogP contribution in [0.4, 0.5) is 0 Å². The molecule has 7 nitrogen and oxygen atoms in total. The van der Waals surface area contributed by atoms with Gasteiger partial charge in [0.1, 0.15) is 13.5 Å². The fourth-order valence-corrected chi connectivity index (χ4v) is 1.72. The van der Waals surface area contributed by atoms with Gasteiger partial charge in [0.2, 0.25) is 0 Å². The number of rotatable bonds is 6. The standard InChI is InChI=1S/C14H14N4O3/c19-15-9-13-4-7-17(8-5-13)11-21-12-18-6-2-1-3-14(18)10-16-20/h1-10H,11-12H2/b14-10+. The van der Waals surface area contributed by atoms with Crippen LogP contribution in [0, 0.1) is 9.81 Å². The first kappa shape index (κ1) is 14.6. The Kier molecular flexibility index (Phi) is 5.36. The van der Waals surface area contributed by atoms with Crippen LogP contribution < -0.4 is 0 Å². The highest BCUT2D eigenvalue weighted by molar-refractivity contribution is 5.33. The van der Waals surface area contributed by atoms with Gasteiger partial charge in [-0.1, -0.05) is 6.08 Å². The van der Waals surface area contributed by atoms with E-state index in [-0.39, 0.29) is 0 Å². The van der Waals surface area contributed by atoms with Gasteiger partial charge in [-0.05, 0) is 40.2 Å². The normalized spacial score (nSPS) is 18.5. The van der Waals surface area contributed by atoms with E-state index in [1.807, 2.05) is 17.1 Å². The SMILES string of the molecule is O=NC=C1C=CN(COCN2C=CC=C/C2=C\N=O)C=C1. The third kappa shape index (κ3) is 4.36. The fraction of sp³-hybridized carbons (Fsp3) is 0.143. The Hall–Kier alpha value is -2.80. The predicted molar refractivity (Wildman–Crippen MR) is 78.8 cm³/mol. The monoisotopic (exact) mass is 286 g/mol. The highest BCUT2D eigenvalue weighted by Gasteiger charge is 2.08. The van der Waals surface area contributed by atoms with E-state index < -0.39 is 0 Å². The minimum atomic E-state index is 0.291. The second kappa shape index (κ2) is 7.71. The molecule has 0 aromatic heterocycles. The quantitative estimate of drug-likeness (QED) is 0.702. The summed E-state index contributed by atoms with van der Waals surface area (Å²) in [5.74, 6) is 0. The fourth-order valence-electron chi connectivity index (χ4n) is 1.72. The Bertz CT molecular complexity index is 557. The Morgan fingerprint density at radius 3 is 2.43 bits per heavy atom. The highest BCUT2D eigenvalue weighted by Crippen LogP contribution is 2.13. The Labute approximate surface area is 121 Å². The van der Waals surface area contributed by atoms with E-state index >= 15 is 0 Å².